The Hall–Kier alpha value is -1.13. The molecule has 0 amide bonds. The average molecular weight is 310 g/mol. The minimum Gasteiger partial charge on any atom is -0.271 e. The van der Waals surface area contributed by atoms with Crippen LogP contribution in [-0.4, -0.2) is 4.98 Å². The van der Waals surface area contributed by atoms with Gasteiger partial charge >= 0.3 is 0 Å². The fourth-order valence-corrected chi connectivity index (χ4v) is 2.53. The molecular formula is C15H17Cl2N3. The van der Waals surface area contributed by atoms with E-state index < -0.39 is 0 Å². The number of aromatic nitrogens is 1. The van der Waals surface area contributed by atoms with E-state index in [0.717, 1.165) is 5.56 Å². The van der Waals surface area contributed by atoms with Crippen molar-refractivity contribution in [1.82, 2.24) is 10.4 Å². The standard InChI is InChI=1S/C15H17Cl2N3/c1-9(2)10-3-5-11(6-4-10)14(20-18)15-13(17)7-12(16)8-19-15/h3-9,14,20H,18H2,1-2H3. The van der Waals surface area contributed by atoms with Crippen molar-refractivity contribution in [1.29, 1.82) is 0 Å². The third-order valence-electron chi connectivity index (χ3n) is 3.21. The maximum Gasteiger partial charge on any atom is 0.0896 e. The van der Waals surface area contributed by atoms with E-state index in [1.165, 1.54) is 5.56 Å². The number of nitrogens with one attached hydrogen (secondary N) is 1. The molecule has 0 saturated heterocycles. The van der Waals surface area contributed by atoms with Gasteiger partial charge in [-0.05, 0) is 23.1 Å². The Kier molecular flexibility index (Phi) is 5.00. The van der Waals surface area contributed by atoms with Crippen LogP contribution in [0.3, 0.4) is 0 Å². The molecular weight excluding hydrogens is 293 g/mol. The molecule has 0 aliphatic rings. The Morgan fingerprint density at radius 2 is 1.70 bits per heavy atom. The second-order valence-corrected chi connectivity index (χ2v) is 5.79. The number of hydrazine groups is 1. The average Bonchev–Trinajstić information content (AvgIpc) is 2.42. The van der Waals surface area contributed by atoms with Crippen LogP contribution in [0.5, 0.6) is 0 Å². The zero-order chi connectivity index (χ0) is 14.7. The van der Waals surface area contributed by atoms with Gasteiger partial charge in [0.05, 0.1) is 21.8 Å². The summed E-state index contributed by atoms with van der Waals surface area (Å²) < 4.78 is 0. The quantitative estimate of drug-likeness (QED) is 0.661. The predicted molar refractivity (Wildman–Crippen MR) is 84.0 cm³/mol. The van der Waals surface area contributed by atoms with Gasteiger partial charge in [-0.3, -0.25) is 10.8 Å². The normalized spacial score (nSPS) is 12.7. The molecule has 1 atom stereocenters. The molecule has 0 bridgehead atoms. The van der Waals surface area contributed by atoms with Crippen LogP contribution in [0.25, 0.3) is 0 Å². The van der Waals surface area contributed by atoms with Crippen molar-refractivity contribution in [3.8, 4) is 0 Å². The Bertz CT molecular complexity index is 582. The lowest BCUT2D eigenvalue weighted by molar-refractivity contribution is 0.620. The molecule has 0 radical (unpaired) electrons. The molecule has 0 aliphatic heterocycles. The number of hydrogen-bond donors (Lipinski definition) is 2. The van der Waals surface area contributed by atoms with Crippen molar-refractivity contribution in [3.63, 3.8) is 0 Å². The number of nitrogens with zero attached hydrogens (tertiary/aromatic N) is 1. The van der Waals surface area contributed by atoms with Gasteiger partial charge in [-0.2, -0.15) is 0 Å². The number of nitrogens with two attached hydrogens (primary N) is 1. The number of benzene rings is 1. The van der Waals surface area contributed by atoms with E-state index in [9.17, 15) is 0 Å². The smallest absolute Gasteiger partial charge is 0.0896 e. The van der Waals surface area contributed by atoms with Crippen LogP contribution in [0.15, 0.2) is 36.5 Å². The summed E-state index contributed by atoms with van der Waals surface area (Å²) in [5.41, 5.74) is 5.70. The van der Waals surface area contributed by atoms with E-state index in [4.69, 9.17) is 29.0 Å². The zero-order valence-corrected chi connectivity index (χ0v) is 12.9. The summed E-state index contributed by atoms with van der Waals surface area (Å²) in [5.74, 6) is 6.15. The van der Waals surface area contributed by atoms with Crippen molar-refractivity contribution in [2.24, 2.45) is 5.84 Å². The highest BCUT2D eigenvalue weighted by Crippen LogP contribution is 2.28. The SMILES string of the molecule is CC(C)c1ccc(C(NN)c2ncc(Cl)cc2Cl)cc1. The lowest BCUT2D eigenvalue weighted by Crippen LogP contribution is -2.29. The first-order valence-electron chi connectivity index (χ1n) is 6.40. The van der Waals surface area contributed by atoms with E-state index in [-0.39, 0.29) is 6.04 Å². The first-order valence-corrected chi connectivity index (χ1v) is 7.15. The highest BCUT2D eigenvalue weighted by atomic mass is 35.5. The van der Waals surface area contributed by atoms with Crippen LogP contribution in [-0.2, 0) is 0 Å². The zero-order valence-electron chi connectivity index (χ0n) is 11.4. The summed E-state index contributed by atoms with van der Waals surface area (Å²) in [5, 5.41) is 0.998. The number of hydrogen-bond acceptors (Lipinski definition) is 3. The Morgan fingerprint density at radius 1 is 1.10 bits per heavy atom. The van der Waals surface area contributed by atoms with Crippen LogP contribution >= 0.6 is 23.2 Å². The topological polar surface area (TPSA) is 50.9 Å². The van der Waals surface area contributed by atoms with Gasteiger partial charge < -0.3 is 0 Å². The molecule has 0 spiro atoms. The molecule has 2 aromatic rings. The molecule has 0 saturated carbocycles. The van der Waals surface area contributed by atoms with E-state index in [0.29, 0.717) is 21.7 Å². The molecule has 1 aromatic heterocycles. The van der Waals surface area contributed by atoms with E-state index in [2.05, 4.69) is 36.4 Å². The van der Waals surface area contributed by atoms with Crippen LogP contribution in [0.1, 0.15) is 42.6 Å². The third-order valence-corrected chi connectivity index (χ3v) is 3.72. The molecule has 3 nitrogen and oxygen atoms in total. The highest BCUT2D eigenvalue weighted by molar-refractivity contribution is 6.34. The number of halogens is 2. The van der Waals surface area contributed by atoms with Crippen molar-refractivity contribution < 1.29 is 0 Å². The first kappa shape index (κ1) is 15.3. The molecule has 0 aliphatic carbocycles. The van der Waals surface area contributed by atoms with Crippen LogP contribution in [0.2, 0.25) is 10.0 Å². The predicted octanol–water partition coefficient (Wildman–Crippen LogP) is 4.06. The Labute approximate surface area is 129 Å². The molecule has 2 rings (SSSR count). The largest absolute Gasteiger partial charge is 0.271 e. The molecule has 5 heteroatoms. The van der Waals surface area contributed by atoms with E-state index >= 15 is 0 Å². The maximum atomic E-state index is 6.19. The third kappa shape index (κ3) is 3.30. The van der Waals surface area contributed by atoms with Crippen LogP contribution in [0.4, 0.5) is 0 Å². The minimum absolute atomic E-state index is 0.263. The summed E-state index contributed by atoms with van der Waals surface area (Å²) in [6.45, 7) is 4.32. The highest BCUT2D eigenvalue weighted by Gasteiger charge is 2.17. The molecule has 106 valence electrons. The molecule has 1 aromatic carbocycles. The Morgan fingerprint density at radius 3 is 2.20 bits per heavy atom. The summed E-state index contributed by atoms with van der Waals surface area (Å²) in [6.07, 6.45) is 1.57. The van der Waals surface area contributed by atoms with E-state index in [1.807, 2.05) is 12.1 Å². The molecule has 1 heterocycles. The van der Waals surface area contributed by atoms with Crippen molar-refractivity contribution >= 4 is 23.2 Å². The monoisotopic (exact) mass is 309 g/mol. The van der Waals surface area contributed by atoms with Crippen molar-refractivity contribution in [2.75, 3.05) is 0 Å². The lowest BCUT2D eigenvalue weighted by atomic mass is 9.98. The molecule has 0 fully saturated rings. The number of rotatable bonds is 4. The fourth-order valence-electron chi connectivity index (χ4n) is 2.04. The van der Waals surface area contributed by atoms with Gasteiger partial charge in [0.1, 0.15) is 0 Å². The fraction of sp³-hybridized carbons (Fsp3) is 0.267. The number of pyridine rings is 1. The van der Waals surface area contributed by atoms with Crippen LogP contribution in [0, 0.1) is 0 Å². The van der Waals surface area contributed by atoms with Gasteiger partial charge in [0.15, 0.2) is 0 Å². The van der Waals surface area contributed by atoms with Gasteiger partial charge in [0.25, 0.3) is 0 Å². The lowest BCUT2D eigenvalue weighted by Gasteiger charge is -2.18. The van der Waals surface area contributed by atoms with Gasteiger partial charge in [-0.15, -0.1) is 0 Å². The summed E-state index contributed by atoms with van der Waals surface area (Å²) in [6, 6.07) is 9.65. The second-order valence-electron chi connectivity index (χ2n) is 4.94. The van der Waals surface area contributed by atoms with Crippen molar-refractivity contribution in [3.05, 3.63) is 63.4 Å². The molecule has 1 unspecified atom stereocenters. The van der Waals surface area contributed by atoms with Gasteiger partial charge in [0, 0.05) is 6.20 Å². The summed E-state index contributed by atoms with van der Waals surface area (Å²) in [4.78, 5) is 4.28. The van der Waals surface area contributed by atoms with Gasteiger partial charge in [0.2, 0.25) is 0 Å². The molecule has 3 N–H and O–H groups in total. The van der Waals surface area contributed by atoms with Gasteiger partial charge in [-0.25, -0.2) is 5.43 Å². The minimum atomic E-state index is -0.263. The van der Waals surface area contributed by atoms with Gasteiger partial charge in [-0.1, -0.05) is 61.3 Å². The van der Waals surface area contributed by atoms with Crippen molar-refractivity contribution in [2.45, 2.75) is 25.8 Å². The summed E-state index contributed by atoms with van der Waals surface area (Å²) >= 11 is 12.1. The van der Waals surface area contributed by atoms with Crippen LogP contribution < -0.4 is 11.3 Å². The Balaban J connectivity index is 2.36. The maximum absolute atomic E-state index is 6.19. The first-order chi connectivity index (χ1) is 9.52. The van der Waals surface area contributed by atoms with E-state index in [1.54, 1.807) is 12.3 Å². The second kappa shape index (κ2) is 6.55. The summed E-state index contributed by atoms with van der Waals surface area (Å²) in [7, 11) is 0. The molecule has 20 heavy (non-hydrogen) atoms.